The van der Waals surface area contributed by atoms with Gasteiger partial charge >= 0.3 is 0 Å². The van der Waals surface area contributed by atoms with E-state index in [2.05, 4.69) is 10.2 Å². The minimum atomic E-state index is -1.34. The molecule has 0 unspecified atom stereocenters. The van der Waals surface area contributed by atoms with E-state index < -0.39 is 23.0 Å². The molecular weight excluding hydrogens is 304 g/mol. The van der Waals surface area contributed by atoms with Crippen LogP contribution in [-0.4, -0.2) is 54.8 Å². The van der Waals surface area contributed by atoms with Crippen molar-refractivity contribution in [2.75, 3.05) is 38.5 Å². The quantitative estimate of drug-likeness (QED) is 0.861. The number of carbonyl (C=O) groups is 2. The molecule has 0 bridgehead atoms. The van der Waals surface area contributed by atoms with Crippen LogP contribution in [0.1, 0.15) is 13.8 Å². The van der Waals surface area contributed by atoms with Gasteiger partial charge in [-0.3, -0.25) is 9.59 Å². The molecule has 1 fully saturated rings. The molecule has 0 aliphatic carbocycles. The molecule has 1 N–H and O–H groups in total. The third-order valence-corrected chi connectivity index (χ3v) is 4.07. The zero-order valence-electron chi connectivity index (χ0n) is 13.5. The van der Waals surface area contributed by atoms with Gasteiger partial charge in [-0.1, -0.05) is 0 Å². The van der Waals surface area contributed by atoms with Crippen LogP contribution in [0.25, 0.3) is 0 Å². The van der Waals surface area contributed by atoms with Gasteiger partial charge in [-0.15, -0.1) is 0 Å². The van der Waals surface area contributed by atoms with Crippen molar-refractivity contribution in [2.45, 2.75) is 13.8 Å². The second-order valence-corrected chi connectivity index (χ2v) is 6.30. The number of hydrogen-bond donors (Lipinski definition) is 1. The Morgan fingerprint density at radius 2 is 1.74 bits per heavy atom. The fourth-order valence-electron chi connectivity index (χ4n) is 2.37. The van der Waals surface area contributed by atoms with Gasteiger partial charge < -0.3 is 15.1 Å². The first kappa shape index (κ1) is 17.3. The average molecular weight is 325 g/mol. The lowest BCUT2D eigenvalue weighted by molar-refractivity contribution is -0.147. The summed E-state index contributed by atoms with van der Waals surface area (Å²) in [6, 6.07) is 2.87. The number of carbonyl (C=O) groups excluding carboxylic acids is 2. The predicted molar refractivity (Wildman–Crippen MR) is 82.8 cm³/mol. The number of halogens is 2. The highest BCUT2D eigenvalue weighted by Gasteiger charge is 2.40. The first-order valence-corrected chi connectivity index (χ1v) is 7.46. The van der Waals surface area contributed by atoms with Gasteiger partial charge in [0.2, 0.25) is 11.8 Å². The van der Waals surface area contributed by atoms with E-state index in [1.165, 1.54) is 13.8 Å². The van der Waals surface area contributed by atoms with Crippen molar-refractivity contribution in [3.8, 4) is 0 Å². The first-order chi connectivity index (χ1) is 10.7. The summed E-state index contributed by atoms with van der Waals surface area (Å²) in [6.45, 7) is 5.61. The first-order valence-electron chi connectivity index (χ1n) is 7.46. The number of piperazine rings is 1. The summed E-state index contributed by atoms with van der Waals surface area (Å²) in [4.78, 5) is 28.7. The summed E-state index contributed by atoms with van der Waals surface area (Å²) < 4.78 is 26.5. The lowest BCUT2D eigenvalue weighted by Crippen LogP contribution is -2.53. The number of anilines is 1. The molecular formula is C16H21F2N3O2. The molecule has 2 amide bonds. The van der Waals surface area contributed by atoms with Crippen LogP contribution < -0.4 is 5.32 Å². The third-order valence-electron chi connectivity index (χ3n) is 4.07. The van der Waals surface area contributed by atoms with Crippen LogP contribution in [0.2, 0.25) is 0 Å². The summed E-state index contributed by atoms with van der Waals surface area (Å²) in [5.74, 6) is -2.52. The van der Waals surface area contributed by atoms with Gasteiger partial charge in [0.1, 0.15) is 17.0 Å². The van der Waals surface area contributed by atoms with Gasteiger partial charge in [0.15, 0.2) is 0 Å². The summed E-state index contributed by atoms with van der Waals surface area (Å²) >= 11 is 0. The Bertz CT molecular complexity index is 611. The summed E-state index contributed by atoms with van der Waals surface area (Å²) in [5, 5.41) is 2.37. The molecule has 2 rings (SSSR count). The maximum atomic E-state index is 13.6. The highest BCUT2D eigenvalue weighted by molar-refractivity contribution is 6.09. The average Bonchev–Trinajstić information content (AvgIpc) is 2.50. The molecule has 1 aromatic carbocycles. The van der Waals surface area contributed by atoms with E-state index in [1.807, 2.05) is 7.05 Å². The van der Waals surface area contributed by atoms with Gasteiger partial charge in [0, 0.05) is 32.2 Å². The fourth-order valence-corrected chi connectivity index (χ4v) is 2.37. The highest BCUT2D eigenvalue weighted by Crippen LogP contribution is 2.24. The molecule has 1 heterocycles. The van der Waals surface area contributed by atoms with Crippen molar-refractivity contribution >= 4 is 17.5 Å². The number of hydrogen-bond acceptors (Lipinski definition) is 3. The van der Waals surface area contributed by atoms with E-state index in [-0.39, 0.29) is 11.6 Å². The molecule has 1 aliphatic rings. The number of rotatable bonds is 3. The van der Waals surface area contributed by atoms with Crippen LogP contribution >= 0.6 is 0 Å². The van der Waals surface area contributed by atoms with Gasteiger partial charge in [0.25, 0.3) is 0 Å². The summed E-state index contributed by atoms with van der Waals surface area (Å²) in [6.07, 6.45) is 0. The van der Waals surface area contributed by atoms with E-state index in [0.29, 0.717) is 19.2 Å². The number of amides is 2. The molecule has 0 radical (unpaired) electrons. The fraction of sp³-hybridized carbons (Fsp3) is 0.500. The molecule has 0 aromatic heterocycles. The zero-order valence-corrected chi connectivity index (χ0v) is 13.5. The topological polar surface area (TPSA) is 52.7 Å². The van der Waals surface area contributed by atoms with E-state index in [9.17, 15) is 18.4 Å². The lowest BCUT2D eigenvalue weighted by atomic mass is 9.89. The molecule has 0 spiro atoms. The number of nitrogens with zero attached hydrogens (tertiary/aromatic N) is 2. The van der Waals surface area contributed by atoms with Gasteiger partial charge in [-0.25, -0.2) is 8.78 Å². The van der Waals surface area contributed by atoms with Crippen molar-refractivity contribution in [1.82, 2.24) is 9.80 Å². The molecule has 1 saturated heterocycles. The molecule has 23 heavy (non-hydrogen) atoms. The Balaban J connectivity index is 2.08. The standard InChI is InChI=1S/C16H21F2N3O2/c1-16(2,15(23)21-8-6-20(3)7-9-21)14(22)19-13-5-4-11(17)10-12(13)18/h4-5,10H,6-9H2,1-3H3,(H,19,22). The number of likely N-dealkylation sites (N-methyl/N-ethyl adjacent to an activating group) is 1. The van der Waals surface area contributed by atoms with Crippen LogP contribution in [0.4, 0.5) is 14.5 Å². The Hall–Kier alpha value is -2.02. The Morgan fingerprint density at radius 3 is 2.30 bits per heavy atom. The largest absolute Gasteiger partial charge is 0.339 e. The second-order valence-electron chi connectivity index (χ2n) is 6.30. The van der Waals surface area contributed by atoms with Crippen molar-refractivity contribution in [2.24, 2.45) is 5.41 Å². The highest BCUT2D eigenvalue weighted by atomic mass is 19.1. The van der Waals surface area contributed by atoms with Crippen molar-refractivity contribution < 1.29 is 18.4 Å². The van der Waals surface area contributed by atoms with E-state index in [0.717, 1.165) is 25.2 Å². The maximum absolute atomic E-state index is 13.6. The van der Waals surface area contributed by atoms with Gasteiger partial charge in [-0.05, 0) is 33.0 Å². The smallest absolute Gasteiger partial charge is 0.239 e. The predicted octanol–water partition coefficient (Wildman–Crippen LogP) is 1.70. The van der Waals surface area contributed by atoms with Crippen LogP contribution in [0.15, 0.2) is 18.2 Å². The normalized spacial score (nSPS) is 16.3. The molecule has 126 valence electrons. The second kappa shape index (κ2) is 6.62. The Labute approximate surface area is 134 Å². The van der Waals surface area contributed by atoms with Crippen LogP contribution in [0, 0.1) is 17.0 Å². The van der Waals surface area contributed by atoms with Crippen LogP contribution in [0.3, 0.4) is 0 Å². The van der Waals surface area contributed by atoms with E-state index in [4.69, 9.17) is 0 Å². The van der Waals surface area contributed by atoms with E-state index >= 15 is 0 Å². The van der Waals surface area contributed by atoms with E-state index in [1.54, 1.807) is 4.90 Å². The Morgan fingerprint density at radius 1 is 1.13 bits per heavy atom. The molecule has 7 heteroatoms. The van der Waals surface area contributed by atoms with Crippen LogP contribution in [-0.2, 0) is 9.59 Å². The van der Waals surface area contributed by atoms with Gasteiger partial charge in [-0.2, -0.15) is 0 Å². The molecule has 0 atom stereocenters. The van der Waals surface area contributed by atoms with Crippen molar-refractivity contribution in [1.29, 1.82) is 0 Å². The molecule has 1 aliphatic heterocycles. The van der Waals surface area contributed by atoms with Crippen molar-refractivity contribution in [3.05, 3.63) is 29.8 Å². The maximum Gasteiger partial charge on any atom is 0.239 e. The van der Waals surface area contributed by atoms with Crippen LogP contribution in [0.5, 0.6) is 0 Å². The number of benzene rings is 1. The minimum Gasteiger partial charge on any atom is -0.339 e. The summed E-state index contributed by atoms with van der Waals surface area (Å²) in [5.41, 5.74) is -1.48. The minimum absolute atomic E-state index is 0.143. The molecule has 1 aromatic rings. The SMILES string of the molecule is CN1CCN(C(=O)C(C)(C)C(=O)Nc2ccc(F)cc2F)CC1. The molecule has 5 nitrogen and oxygen atoms in total. The van der Waals surface area contributed by atoms with Gasteiger partial charge in [0.05, 0.1) is 5.69 Å². The number of nitrogens with one attached hydrogen (secondary N) is 1. The lowest BCUT2D eigenvalue weighted by Gasteiger charge is -2.36. The Kier molecular flexibility index (Phi) is 4.99. The summed E-state index contributed by atoms with van der Waals surface area (Å²) in [7, 11) is 1.97. The third kappa shape index (κ3) is 3.85. The molecule has 0 saturated carbocycles. The zero-order chi connectivity index (χ0) is 17.2. The monoisotopic (exact) mass is 325 g/mol. The van der Waals surface area contributed by atoms with Crippen molar-refractivity contribution in [3.63, 3.8) is 0 Å².